The zero-order valence-electron chi connectivity index (χ0n) is 8.77. The number of nitrogens with zero attached hydrogens (tertiary/aromatic N) is 3. The molecule has 4 nitrogen and oxygen atoms in total. The number of aromatic nitrogens is 3. The third-order valence-corrected chi connectivity index (χ3v) is 2.92. The highest BCUT2D eigenvalue weighted by Crippen LogP contribution is 2.36. The summed E-state index contributed by atoms with van der Waals surface area (Å²) in [6.45, 7) is 4.19. The number of aliphatic hydroxyl groups excluding tert-OH is 1. The van der Waals surface area contributed by atoms with Crippen LogP contribution in [0.15, 0.2) is 0 Å². The average molecular weight is 195 g/mol. The Hall–Kier alpha value is -0.900. The molecule has 0 aromatic carbocycles. The Morgan fingerprint density at radius 2 is 2.14 bits per heavy atom. The van der Waals surface area contributed by atoms with Gasteiger partial charge in [-0.25, -0.2) is 0 Å². The summed E-state index contributed by atoms with van der Waals surface area (Å²) in [4.78, 5) is 0. The minimum atomic E-state index is -0.0160. The van der Waals surface area contributed by atoms with Crippen LogP contribution in [0.5, 0.6) is 0 Å². The minimum Gasteiger partial charge on any atom is -0.388 e. The van der Waals surface area contributed by atoms with Crippen LogP contribution in [0.1, 0.15) is 56.7 Å². The van der Waals surface area contributed by atoms with Gasteiger partial charge in [0.25, 0.3) is 0 Å². The summed E-state index contributed by atoms with van der Waals surface area (Å²) < 4.78 is 2.07. The third kappa shape index (κ3) is 1.43. The van der Waals surface area contributed by atoms with Crippen molar-refractivity contribution in [2.24, 2.45) is 0 Å². The van der Waals surface area contributed by atoms with Gasteiger partial charge in [-0.2, -0.15) is 0 Å². The molecule has 0 unspecified atom stereocenters. The summed E-state index contributed by atoms with van der Waals surface area (Å²) in [6.07, 6.45) is 3.73. The fourth-order valence-corrected chi connectivity index (χ4v) is 1.95. The summed E-state index contributed by atoms with van der Waals surface area (Å²) in [5, 5.41) is 17.3. The molecular formula is C10H17N3O. The first-order valence-electron chi connectivity index (χ1n) is 5.28. The van der Waals surface area contributed by atoms with E-state index in [2.05, 4.69) is 28.6 Å². The van der Waals surface area contributed by atoms with Crippen molar-refractivity contribution in [1.29, 1.82) is 0 Å². The molecule has 1 aliphatic carbocycles. The molecular weight excluding hydrogens is 178 g/mol. The fourth-order valence-electron chi connectivity index (χ4n) is 1.95. The molecule has 1 N–H and O–H groups in total. The molecule has 1 aromatic heterocycles. The lowest BCUT2D eigenvalue weighted by Crippen LogP contribution is -2.18. The molecule has 0 atom stereocenters. The van der Waals surface area contributed by atoms with E-state index in [1.807, 2.05) is 0 Å². The second kappa shape index (κ2) is 3.69. The highest BCUT2D eigenvalue weighted by Gasteiger charge is 2.27. The van der Waals surface area contributed by atoms with Gasteiger partial charge in [0.15, 0.2) is 5.82 Å². The van der Waals surface area contributed by atoms with E-state index >= 15 is 0 Å². The first kappa shape index (κ1) is 9.65. The normalized spacial score (nSPS) is 17.4. The Morgan fingerprint density at radius 3 is 2.57 bits per heavy atom. The maximum Gasteiger partial charge on any atom is 0.159 e. The van der Waals surface area contributed by atoms with Crippen LogP contribution in [0, 0.1) is 0 Å². The van der Waals surface area contributed by atoms with E-state index < -0.39 is 0 Å². The van der Waals surface area contributed by atoms with Crippen molar-refractivity contribution in [3.05, 3.63) is 11.6 Å². The van der Waals surface area contributed by atoms with Gasteiger partial charge in [0, 0.05) is 12.0 Å². The highest BCUT2D eigenvalue weighted by atomic mass is 16.3. The van der Waals surface area contributed by atoms with E-state index in [9.17, 15) is 0 Å². The molecule has 1 saturated carbocycles. The lowest BCUT2D eigenvalue weighted by atomic mass is 9.84. The van der Waals surface area contributed by atoms with Gasteiger partial charge in [-0.15, -0.1) is 10.2 Å². The monoisotopic (exact) mass is 195 g/mol. The Morgan fingerprint density at radius 1 is 1.43 bits per heavy atom. The van der Waals surface area contributed by atoms with E-state index in [-0.39, 0.29) is 6.61 Å². The van der Waals surface area contributed by atoms with Crippen LogP contribution in [0.25, 0.3) is 0 Å². The van der Waals surface area contributed by atoms with Crippen LogP contribution in [0.4, 0.5) is 0 Å². The Balaban J connectivity index is 2.33. The van der Waals surface area contributed by atoms with Gasteiger partial charge in [-0.1, -0.05) is 6.42 Å². The standard InChI is InChI=1S/C10H17N3O/c1-7(2)13-9(6-14)11-12-10(13)8-4-3-5-8/h7-8,14H,3-6H2,1-2H3. The average Bonchev–Trinajstić information content (AvgIpc) is 2.44. The lowest BCUT2D eigenvalue weighted by molar-refractivity contribution is 0.259. The van der Waals surface area contributed by atoms with Crippen LogP contribution in [0.2, 0.25) is 0 Å². The molecule has 78 valence electrons. The molecule has 0 amide bonds. The van der Waals surface area contributed by atoms with Crippen LogP contribution < -0.4 is 0 Å². The van der Waals surface area contributed by atoms with Gasteiger partial charge in [0.1, 0.15) is 12.4 Å². The van der Waals surface area contributed by atoms with E-state index in [4.69, 9.17) is 5.11 Å². The maximum atomic E-state index is 9.13. The van der Waals surface area contributed by atoms with Crippen molar-refractivity contribution >= 4 is 0 Å². The zero-order valence-corrected chi connectivity index (χ0v) is 8.77. The molecule has 2 rings (SSSR count). The molecule has 1 fully saturated rings. The quantitative estimate of drug-likeness (QED) is 0.797. The lowest BCUT2D eigenvalue weighted by Gasteiger charge is -2.26. The topological polar surface area (TPSA) is 50.9 Å². The molecule has 0 spiro atoms. The van der Waals surface area contributed by atoms with Crippen molar-refractivity contribution in [2.75, 3.05) is 0 Å². The van der Waals surface area contributed by atoms with Gasteiger partial charge >= 0.3 is 0 Å². The molecule has 1 aliphatic rings. The van der Waals surface area contributed by atoms with Crippen LogP contribution in [-0.2, 0) is 6.61 Å². The second-order valence-electron chi connectivity index (χ2n) is 4.22. The molecule has 1 heterocycles. The molecule has 0 aliphatic heterocycles. The fraction of sp³-hybridized carbons (Fsp3) is 0.800. The van der Waals surface area contributed by atoms with Gasteiger partial charge in [-0.3, -0.25) is 0 Å². The van der Waals surface area contributed by atoms with Crippen molar-refractivity contribution < 1.29 is 5.11 Å². The van der Waals surface area contributed by atoms with Gasteiger partial charge in [-0.05, 0) is 26.7 Å². The van der Waals surface area contributed by atoms with Gasteiger partial charge < -0.3 is 9.67 Å². The third-order valence-electron chi connectivity index (χ3n) is 2.92. The number of aliphatic hydroxyl groups is 1. The molecule has 14 heavy (non-hydrogen) atoms. The predicted octanol–water partition coefficient (Wildman–Crippen LogP) is 1.62. The smallest absolute Gasteiger partial charge is 0.159 e. The van der Waals surface area contributed by atoms with Crippen LogP contribution >= 0.6 is 0 Å². The Kier molecular flexibility index (Phi) is 2.54. The summed E-state index contributed by atoms with van der Waals surface area (Å²) in [5.74, 6) is 2.34. The summed E-state index contributed by atoms with van der Waals surface area (Å²) in [5.41, 5.74) is 0. The first-order valence-corrected chi connectivity index (χ1v) is 5.28. The van der Waals surface area contributed by atoms with Gasteiger partial charge in [0.2, 0.25) is 0 Å². The second-order valence-corrected chi connectivity index (χ2v) is 4.22. The van der Waals surface area contributed by atoms with Crippen LogP contribution in [-0.4, -0.2) is 19.9 Å². The zero-order chi connectivity index (χ0) is 10.1. The number of hydrogen-bond donors (Lipinski definition) is 1. The summed E-state index contributed by atoms with van der Waals surface area (Å²) >= 11 is 0. The SMILES string of the molecule is CC(C)n1c(CO)nnc1C1CCC1. The molecule has 1 aromatic rings. The first-order chi connectivity index (χ1) is 6.74. The maximum absolute atomic E-state index is 9.13. The van der Waals surface area contributed by atoms with E-state index in [1.54, 1.807) is 0 Å². The molecule has 0 bridgehead atoms. The Labute approximate surface area is 84.0 Å². The largest absolute Gasteiger partial charge is 0.388 e. The predicted molar refractivity (Wildman–Crippen MR) is 52.9 cm³/mol. The van der Waals surface area contributed by atoms with Gasteiger partial charge in [0.05, 0.1) is 0 Å². The van der Waals surface area contributed by atoms with Crippen molar-refractivity contribution in [1.82, 2.24) is 14.8 Å². The van der Waals surface area contributed by atoms with E-state index in [0.29, 0.717) is 17.8 Å². The Bertz CT molecular complexity index is 315. The van der Waals surface area contributed by atoms with E-state index in [0.717, 1.165) is 5.82 Å². The number of rotatable bonds is 3. The number of hydrogen-bond acceptors (Lipinski definition) is 3. The van der Waals surface area contributed by atoms with Crippen LogP contribution in [0.3, 0.4) is 0 Å². The molecule has 4 heteroatoms. The van der Waals surface area contributed by atoms with E-state index in [1.165, 1.54) is 19.3 Å². The molecule has 0 radical (unpaired) electrons. The minimum absolute atomic E-state index is 0.0160. The summed E-state index contributed by atoms with van der Waals surface area (Å²) in [6, 6.07) is 0.336. The van der Waals surface area contributed by atoms with Crippen molar-refractivity contribution in [3.8, 4) is 0 Å². The molecule has 0 saturated heterocycles. The highest BCUT2D eigenvalue weighted by molar-refractivity contribution is 5.06. The van der Waals surface area contributed by atoms with Crippen molar-refractivity contribution in [2.45, 2.75) is 51.7 Å². The summed E-state index contributed by atoms with van der Waals surface area (Å²) in [7, 11) is 0. The van der Waals surface area contributed by atoms with Crippen molar-refractivity contribution in [3.63, 3.8) is 0 Å².